The molecule has 2 amide bonds. The van der Waals surface area contributed by atoms with Gasteiger partial charge in [-0.1, -0.05) is 42.8 Å². The molecule has 0 radical (unpaired) electrons. The summed E-state index contributed by atoms with van der Waals surface area (Å²) in [5, 5.41) is 2.83. The number of hydrogen-bond donors (Lipinski definition) is 1. The fourth-order valence-corrected chi connectivity index (χ4v) is 4.94. The van der Waals surface area contributed by atoms with Crippen LogP contribution in [0.3, 0.4) is 0 Å². The molecule has 35 heavy (non-hydrogen) atoms. The van der Waals surface area contributed by atoms with Crippen molar-refractivity contribution in [2.75, 3.05) is 23.7 Å². The van der Waals surface area contributed by atoms with Gasteiger partial charge >= 0.3 is 0 Å². The number of carbonyl (C=O) groups is 2. The van der Waals surface area contributed by atoms with Crippen molar-refractivity contribution in [2.45, 2.75) is 66.5 Å². The molecule has 0 aliphatic heterocycles. The molecule has 0 saturated carbocycles. The lowest BCUT2D eigenvalue weighted by Crippen LogP contribution is -2.49. The average molecular weight is 502 g/mol. The Bertz CT molecular complexity index is 1110. The monoisotopic (exact) mass is 501 g/mol. The first-order valence-corrected chi connectivity index (χ1v) is 14.0. The van der Waals surface area contributed by atoms with Gasteiger partial charge in [0.25, 0.3) is 0 Å². The largest absolute Gasteiger partial charge is 0.355 e. The van der Waals surface area contributed by atoms with Gasteiger partial charge in [0.1, 0.15) is 6.04 Å². The smallest absolute Gasteiger partial charge is 0.242 e. The van der Waals surface area contributed by atoms with Crippen LogP contribution in [-0.4, -0.2) is 50.5 Å². The molecule has 0 heterocycles. The molecule has 0 unspecified atom stereocenters. The van der Waals surface area contributed by atoms with Crippen LogP contribution in [0.4, 0.5) is 5.69 Å². The third kappa shape index (κ3) is 8.09. The highest BCUT2D eigenvalue weighted by Crippen LogP contribution is 2.22. The molecular formula is C27H39N3O4S. The number of benzene rings is 2. The summed E-state index contributed by atoms with van der Waals surface area (Å²) >= 11 is 0. The van der Waals surface area contributed by atoms with E-state index in [-0.39, 0.29) is 24.8 Å². The Hall–Kier alpha value is -2.87. The van der Waals surface area contributed by atoms with Crippen molar-refractivity contribution in [1.82, 2.24) is 10.2 Å². The highest BCUT2D eigenvalue weighted by atomic mass is 32.2. The second-order valence-electron chi connectivity index (χ2n) is 9.03. The predicted octanol–water partition coefficient (Wildman–Crippen LogP) is 4.10. The predicted molar refractivity (Wildman–Crippen MR) is 142 cm³/mol. The summed E-state index contributed by atoms with van der Waals surface area (Å²) < 4.78 is 26.3. The molecule has 0 aromatic heterocycles. The van der Waals surface area contributed by atoms with E-state index in [1.807, 2.05) is 71.0 Å². The van der Waals surface area contributed by atoms with Crippen molar-refractivity contribution in [3.8, 4) is 0 Å². The SMILES string of the molecule is CCNC(=O)[C@H](CC)N(Cc1ccc(C)cc1)C(=O)CCCN(c1ccc(C)c(C)c1)S(C)(=O)=O. The Labute approximate surface area is 210 Å². The summed E-state index contributed by atoms with van der Waals surface area (Å²) in [4.78, 5) is 27.7. The molecule has 0 aliphatic carbocycles. The number of nitrogens with zero attached hydrogens (tertiary/aromatic N) is 2. The van der Waals surface area contributed by atoms with Crippen molar-refractivity contribution in [2.24, 2.45) is 0 Å². The molecule has 7 nitrogen and oxygen atoms in total. The number of rotatable bonds is 12. The van der Waals surface area contributed by atoms with Gasteiger partial charge in [-0.05, 0) is 69.4 Å². The van der Waals surface area contributed by atoms with E-state index in [1.165, 1.54) is 10.6 Å². The molecule has 0 spiro atoms. The minimum Gasteiger partial charge on any atom is -0.355 e. The van der Waals surface area contributed by atoms with Gasteiger partial charge in [-0.25, -0.2) is 8.42 Å². The van der Waals surface area contributed by atoms with Crippen LogP contribution in [0, 0.1) is 20.8 Å². The van der Waals surface area contributed by atoms with Gasteiger partial charge in [-0.2, -0.15) is 0 Å². The van der Waals surface area contributed by atoms with Crippen molar-refractivity contribution in [3.05, 3.63) is 64.7 Å². The minimum atomic E-state index is -3.52. The Kier molecular flexibility index (Phi) is 10.3. The first-order chi connectivity index (χ1) is 16.5. The van der Waals surface area contributed by atoms with Gasteiger partial charge in [0.05, 0.1) is 11.9 Å². The highest BCUT2D eigenvalue weighted by Gasteiger charge is 2.28. The van der Waals surface area contributed by atoms with Crippen molar-refractivity contribution in [3.63, 3.8) is 0 Å². The summed E-state index contributed by atoms with van der Waals surface area (Å²) in [5.74, 6) is -0.347. The Morgan fingerprint density at radius 3 is 2.17 bits per heavy atom. The normalized spacial score (nSPS) is 12.2. The van der Waals surface area contributed by atoms with E-state index in [1.54, 1.807) is 11.0 Å². The van der Waals surface area contributed by atoms with E-state index in [4.69, 9.17) is 0 Å². The standard InChI is InChI=1S/C27H39N3O4S/c1-7-25(27(32)28-8-2)29(19-23-14-11-20(3)12-15-23)26(31)10-9-17-30(35(6,33)34)24-16-13-21(4)22(5)18-24/h11-16,18,25H,7-10,17,19H2,1-6H3,(H,28,32)/t25-/m0/s1. The first-order valence-electron chi connectivity index (χ1n) is 12.2. The first kappa shape index (κ1) is 28.4. The lowest BCUT2D eigenvalue weighted by Gasteiger charge is -2.31. The van der Waals surface area contributed by atoms with Crippen LogP contribution >= 0.6 is 0 Å². The Balaban J connectivity index is 2.21. The molecule has 2 aromatic rings. The molecule has 1 atom stereocenters. The maximum atomic E-state index is 13.4. The van der Waals surface area contributed by atoms with E-state index in [9.17, 15) is 18.0 Å². The number of hydrogen-bond acceptors (Lipinski definition) is 4. The summed E-state index contributed by atoms with van der Waals surface area (Å²) in [7, 11) is -3.52. The zero-order chi connectivity index (χ0) is 26.2. The maximum Gasteiger partial charge on any atom is 0.242 e. The summed E-state index contributed by atoms with van der Waals surface area (Å²) in [5.41, 5.74) is 4.74. The van der Waals surface area contributed by atoms with Crippen LogP contribution in [0.2, 0.25) is 0 Å². The second kappa shape index (κ2) is 12.7. The maximum absolute atomic E-state index is 13.4. The number of anilines is 1. The van der Waals surface area contributed by atoms with E-state index in [2.05, 4.69) is 5.32 Å². The zero-order valence-electron chi connectivity index (χ0n) is 21.8. The fraction of sp³-hybridized carbons (Fsp3) is 0.481. The molecular weight excluding hydrogens is 462 g/mol. The Morgan fingerprint density at radius 2 is 1.63 bits per heavy atom. The van der Waals surface area contributed by atoms with Crippen LogP contribution < -0.4 is 9.62 Å². The summed E-state index contributed by atoms with van der Waals surface area (Å²) in [6, 6.07) is 12.8. The summed E-state index contributed by atoms with van der Waals surface area (Å²) in [6.45, 7) is 10.7. The fourth-order valence-electron chi connectivity index (χ4n) is 3.99. The van der Waals surface area contributed by atoms with Crippen LogP contribution in [0.1, 0.15) is 55.4 Å². The average Bonchev–Trinajstić information content (AvgIpc) is 2.79. The number of sulfonamides is 1. The molecule has 192 valence electrons. The van der Waals surface area contributed by atoms with Gasteiger partial charge in [0, 0.05) is 26.1 Å². The lowest BCUT2D eigenvalue weighted by atomic mass is 10.1. The van der Waals surface area contributed by atoms with Crippen LogP contribution in [0.5, 0.6) is 0 Å². The highest BCUT2D eigenvalue weighted by molar-refractivity contribution is 7.92. The molecule has 2 rings (SSSR count). The van der Waals surface area contributed by atoms with Crippen molar-refractivity contribution < 1.29 is 18.0 Å². The zero-order valence-corrected chi connectivity index (χ0v) is 22.6. The van der Waals surface area contributed by atoms with E-state index < -0.39 is 16.1 Å². The quantitative estimate of drug-likeness (QED) is 0.474. The summed E-state index contributed by atoms with van der Waals surface area (Å²) in [6.07, 6.45) is 2.14. The van der Waals surface area contributed by atoms with Crippen molar-refractivity contribution in [1.29, 1.82) is 0 Å². The van der Waals surface area contributed by atoms with Gasteiger partial charge in [0.15, 0.2) is 0 Å². The van der Waals surface area contributed by atoms with Gasteiger partial charge < -0.3 is 10.2 Å². The van der Waals surface area contributed by atoms with E-state index >= 15 is 0 Å². The van der Waals surface area contributed by atoms with Gasteiger partial charge in [-0.3, -0.25) is 13.9 Å². The number of aryl methyl sites for hydroxylation is 3. The number of carbonyl (C=O) groups excluding carboxylic acids is 2. The number of likely N-dealkylation sites (N-methyl/N-ethyl adjacent to an activating group) is 1. The van der Waals surface area contributed by atoms with E-state index in [0.29, 0.717) is 31.6 Å². The third-order valence-corrected chi connectivity index (χ3v) is 7.34. The minimum absolute atomic E-state index is 0.138. The molecule has 1 N–H and O–H groups in total. The topological polar surface area (TPSA) is 86.8 Å². The van der Waals surface area contributed by atoms with Crippen molar-refractivity contribution >= 4 is 27.5 Å². The van der Waals surface area contributed by atoms with Crippen LogP contribution in [0.25, 0.3) is 0 Å². The van der Waals surface area contributed by atoms with Crippen LogP contribution in [0.15, 0.2) is 42.5 Å². The third-order valence-electron chi connectivity index (χ3n) is 6.14. The van der Waals surface area contributed by atoms with Crippen LogP contribution in [-0.2, 0) is 26.2 Å². The molecule has 0 aliphatic rings. The molecule has 0 saturated heterocycles. The molecule has 0 bridgehead atoms. The van der Waals surface area contributed by atoms with Gasteiger partial charge in [-0.15, -0.1) is 0 Å². The molecule has 2 aromatic carbocycles. The second-order valence-corrected chi connectivity index (χ2v) is 10.9. The number of amides is 2. The number of nitrogens with one attached hydrogen (secondary N) is 1. The molecule has 8 heteroatoms. The molecule has 0 fully saturated rings. The van der Waals surface area contributed by atoms with Gasteiger partial charge in [0.2, 0.25) is 21.8 Å². The Morgan fingerprint density at radius 1 is 0.971 bits per heavy atom. The van der Waals surface area contributed by atoms with E-state index in [0.717, 1.165) is 22.3 Å². The lowest BCUT2D eigenvalue weighted by molar-refractivity contribution is -0.141.